The Labute approximate surface area is 185 Å². The number of fused-ring (bicyclic) bond motifs is 1. The number of hydrogen-bond acceptors (Lipinski definition) is 7. The fraction of sp³-hybridized carbons (Fsp3) is 0.750. The molecule has 0 aliphatic heterocycles. The molecule has 0 heterocycles. The van der Waals surface area contributed by atoms with Crippen molar-refractivity contribution in [2.75, 3.05) is 0 Å². The lowest BCUT2D eigenvalue weighted by atomic mass is 9.65. The Morgan fingerprint density at radius 3 is 2.61 bits per heavy atom. The highest BCUT2D eigenvalue weighted by Gasteiger charge is 2.41. The molecular weight excluding hydrogens is 398 g/mol. The van der Waals surface area contributed by atoms with E-state index < -0.39 is 18.2 Å². The first-order valence-corrected chi connectivity index (χ1v) is 11.5. The van der Waals surface area contributed by atoms with Gasteiger partial charge in [-0.15, -0.1) is 0 Å². The first-order valence-electron chi connectivity index (χ1n) is 11.5. The number of nitrogens with two attached hydrogens (primary N) is 1. The van der Waals surface area contributed by atoms with Crippen LogP contribution in [0.25, 0.3) is 0 Å². The molecule has 0 bridgehead atoms. The average molecular weight is 438 g/mol. The van der Waals surface area contributed by atoms with Crippen LogP contribution in [0.2, 0.25) is 0 Å². The van der Waals surface area contributed by atoms with Crippen molar-refractivity contribution in [2.24, 2.45) is 35.5 Å². The molecule has 7 nitrogen and oxygen atoms in total. The van der Waals surface area contributed by atoms with E-state index >= 15 is 0 Å². The monoisotopic (exact) mass is 437 g/mol. The third-order valence-corrected chi connectivity index (χ3v) is 6.79. The van der Waals surface area contributed by atoms with Gasteiger partial charge in [-0.3, -0.25) is 9.59 Å². The van der Waals surface area contributed by atoms with Crippen LogP contribution < -0.4 is 5.90 Å². The number of ether oxygens (including phenoxy) is 1. The van der Waals surface area contributed by atoms with Gasteiger partial charge in [0.1, 0.15) is 6.10 Å². The van der Waals surface area contributed by atoms with Gasteiger partial charge >= 0.3 is 11.9 Å². The maximum atomic E-state index is 12.5. The summed E-state index contributed by atoms with van der Waals surface area (Å²) >= 11 is 0. The Hall–Kier alpha value is -1.70. The summed E-state index contributed by atoms with van der Waals surface area (Å²) in [7, 11) is 0. The van der Waals surface area contributed by atoms with Crippen LogP contribution in [0, 0.1) is 29.6 Å². The SMILES string of the molecule is CC[C@H](C)C(=O)O[C@H]1C[C@@H](C)C=C2C=C[C@H](C)[C@H](CCC(O)C[C@@H](O)CC(=O)ON)C21. The number of esters is 1. The van der Waals surface area contributed by atoms with Crippen molar-refractivity contribution in [3.05, 3.63) is 23.8 Å². The Bertz CT molecular complexity index is 675. The number of allylic oxidation sites excluding steroid dienone is 3. The molecule has 31 heavy (non-hydrogen) atoms. The first kappa shape index (κ1) is 25.6. The maximum absolute atomic E-state index is 12.5. The van der Waals surface area contributed by atoms with Crippen LogP contribution in [-0.4, -0.2) is 40.5 Å². The summed E-state index contributed by atoms with van der Waals surface area (Å²) < 4.78 is 6.01. The normalized spacial score (nSPS) is 30.5. The molecule has 176 valence electrons. The lowest BCUT2D eigenvalue weighted by Gasteiger charge is -2.43. The van der Waals surface area contributed by atoms with Crippen LogP contribution in [0.4, 0.5) is 0 Å². The van der Waals surface area contributed by atoms with E-state index in [0.717, 1.165) is 19.3 Å². The fourth-order valence-corrected chi connectivity index (χ4v) is 4.79. The van der Waals surface area contributed by atoms with E-state index in [1.54, 1.807) is 0 Å². The topological polar surface area (TPSA) is 119 Å². The molecule has 2 rings (SSSR count). The molecule has 0 aromatic heterocycles. The van der Waals surface area contributed by atoms with Crippen LogP contribution in [0.5, 0.6) is 0 Å². The number of rotatable bonds is 10. The number of aliphatic hydroxyl groups excluding tert-OH is 2. The lowest BCUT2D eigenvalue weighted by molar-refractivity contribution is -0.158. The highest BCUT2D eigenvalue weighted by Crippen LogP contribution is 2.45. The molecule has 0 saturated carbocycles. The molecule has 4 N–H and O–H groups in total. The van der Waals surface area contributed by atoms with Gasteiger partial charge in [-0.05, 0) is 55.4 Å². The van der Waals surface area contributed by atoms with Crippen LogP contribution in [0.1, 0.15) is 66.2 Å². The average Bonchev–Trinajstić information content (AvgIpc) is 2.72. The van der Waals surface area contributed by atoms with Crippen molar-refractivity contribution in [3.8, 4) is 0 Å². The van der Waals surface area contributed by atoms with E-state index in [-0.39, 0.29) is 48.6 Å². The predicted octanol–water partition coefficient (Wildman–Crippen LogP) is 3.05. The molecule has 7 heteroatoms. The largest absolute Gasteiger partial charge is 0.461 e. The third kappa shape index (κ3) is 7.16. The Balaban J connectivity index is 2.06. The molecule has 2 unspecified atom stereocenters. The van der Waals surface area contributed by atoms with E-state index in [4.69, 9.17) is 10.6 Å². The highest BCUT2D eigenvalue weighted by atomic mass is 16.7. The van der Waals surface area contributed by atoms with Gasteiger partial charge < -0.3 is 19.8 Å². The predicted molar refractivity (Wildman–Crippen MR) is 117 cm³/mol. The molecule has 0 spiro atoms. The van der Waals surface area contributed by atoms with Crippen molar-refractivity contribution < 1.29 is 29.4 Å². The van der Waals surface area contributed by atoms with Gasteiger partial charge in [0.15, 0.2) is 0 Å². The van der Waals surface area contributed by atoms with E-state index in [1.165, 1.54) is 5.57 Å². The summed E-state index contributed by atoms with van der Waals surface area (Å²) in [5.74, 6) is 4.77. The molecular formula is C24H39NO6. The van der Waals surface area contributed by atoms with Gasteiger partial charge in [-0.25, -0.2) is 0 Å². The minimum atomic E-state index is -0.995. The molecule has 0 radical (unpaired) electrons. The van der Waals surface area contributed by atoms with Crippen LogP contribution in [0.3, 0.4) is 0 Å². The van der Waals surface area contributed by atoms with Gasteiger partial charge in [0.25, 0.3) is 0 Å². The quantitative estimate of drug-likeness (QED) is 0.355. The van der Waals surface area contributed by atoms with E-state index in [0.29, 0.717) is 12.3 Å². The number of carbonyl (C=O) groups excluding carboxylic acids is 2. The Kier molecular flexibility index (Phi) is 9.72. The van der Waals surface area contributed by atoms with Crippen molar-refractivity contribution >= 4 is 11.9 Å². The molecule has 0 aromatic rings. The minimum Gasteiger partial charge on any atom is -0.461 e. The van der Waals surface area contributed by atoms with Crippen LogP contribution in [0.15, 0.2) is 23.8 Å². The van der Waals surface area contributed by atoms with E-state index in [1.807, 2.05) is 13.8 Å². The Morgan fingerprint density at radius 2 is 1.97 bits per heavy atom. The summed E-state index contributed by atoms with van der Waals surface area (Å²) in [6.45, 7) is 8.18. The number of carbonyl (C=O) groups is 2. The zero-order valence-corrected chi connectivity index (χ0v) is 19.2. The Morgan fingerprint density at radius 1 is 1.26 bits per heavy atom. The summed E-state index contributed by atoms with van der Waals surface area (Å²) in [4.78, 5) is 27.8. The zero-order valence-electron chi connectivity index (χ0n) is 19.2. The maximum Gasteiger partial charge on any atom is 0.327 e. The van der Waals surface area contributed by atoms with Crippen molar-refractivity contribution in [1.29, 1.82) is 0 Å². The van der Waals surface area contributed by atoms with E-state index in [2.05, 4.69) is 36.9 Å². The summed E-state index contributed by atoms with van der Waals surface area (Å²) in [5, 5.41) is 20.4. The number of hydrogen-bond donors (Lipinski definition) is 3. The summed E-state index contributed by atoms with van der Waals surface area (Å²) in [5.41, 5.74) is 1.21. The van der Waals surface area contributed by atoms with Crippen molar-refractivity contribution in [2.45, 2.75) is 84.5 Å². The lowest BCUT2D eigenvalue weighted by Crippen LogP contribution is -2.41. The molecule has 0 amide bonds. The fourth-order valence-electron chi connectivity index (χ4n) is 4.79. The molecule has 8 atom stereocenters. The number of aliphatic hydroxyl groups is 2. The van der Waals surface area contributed by atoms with Gasteiger partial charge in [0.2, 0.25) is 0 Å². The van der Waals surface area contributed by atoms with Gasteiger partial charge in [-0.1, -0.05) is 45.9 Å². The minimum absolute atomic E-state index is 0.0862. The van der Waals surface area contributed by atoms with Gasteiger partial charge in [0, 0.05) is 5.92 Å². The molecule has 0 aromatic carbocycles. The summed E-state index contributed by atoms with van der Waals surface area (Å²) in [6, 6.07) is 0. The highest BCUT2D eigenvalue weighted by molar-refractivity contribution is 5.72. The standard InChI is InChI=1S/C24H39NO6/c1-5-15(3)24(29)30-21-11-14(2)10-17-7-6-16(4)20(23(17)21)9-8-18(26)12-19(27)13-22(28)31-25/h6-7,10,14-16,18-21,23,26-27H,5,8-9,11-13,25H2,1-4H3/t14-,15-,16-,18?,19+,20-,21-,23?/m0/s1. The third-order valence-electron chi connectivity index (χ3n) is 6.79. The van der Waals surface area contributed by atoms with Gasteiger partial charge in [-0.2, -0.15) is 5.90 Å². The molecule has 0 saturated heterocycles. The van der Waals surface area contributed by atoms with Crippen molar-refractivity contribution in [3.63, 3.8) is 0 Å². The zero-order chi connectivity index (χ0) is 23.1. The summed E-state index contributed by atoms with van der Waals surface area (Å²) in [6.07, 6.45) is 7.33. The second-order valence-electron chi connectivity index (χ2n) is 9.39. The smallest absolute Gasteiger partial charge is 0.327 e. The molecule has 0 fully saturated rings. The molecule has 2 aliphatic rings. The van der Waals surface area contributed by atoms with E-state index in [9.17, 15) is 19.8 Å². The van der Waals surface area contributed by atoms with Crippen molar-refractivity contribution in [1.82, 2.24) is 0 Å². The molecule has 2 aliphatic carbocycles. The van der Waals surface area contributed by atoms with Crippen LogP contribution in [-0.2, 0) is 19.2 Å². The van der Waals surface area contributed by atoms with Gasteiger partial charge in [0.05, 0.1) is 24.5 Å². The first-order chi connectivity index (χ1) is 14.7. The van der Waals surface area contributed by atoms with Crippen LogP contribution >= 0.6 is 0 Å². The second-order valence-corrected chi connectivity index (χ2v) is 9.39. The second kappa shape index (κ2) is 11.8.